The second kappa shape index (κ2) is 5.20. The van der Waals surface area contributed by atoms with Gasteiger partial charge in [0.25, 0.3) is 0 Å². The molecule has 0 aromatic carbocycles. The molecule has 1 N–H and O–H groups in total. The molecule has 3 unspecified atom stereocenters. The molecule has 1 heterocycles. The average molecular weight is 195 g/mol. The molecule has 1 aromatic rings. The van der Waals surface area contributed by atoms with Crippen LogP contribution in [0.15, 0.2) is 23.0 Å². The zero-order chi connectivity index (χ0) is 10.6. The van der Waals surface area contributed by atoms with Crippen molar-refractivity contribution in [2.75, 3.05) is 0 Å². The Hall–Kier alpha value is -0.760. The zero-order valence-electron chi connectivity index (χ0n) is 9.58. The van der Waals surface area contributed by atoms with Crippen molar-refractivity contribution in [1.29, 1.82) is 0 Å². The Labute approximate surface area is 86.7 Å². The number of rotatable bonds is 5. The highest BCUT2D eigenvalue weighted by molar-refractivity contribution is 5.10. The number of nitrogens with one attached hydrogen (secondary N) is 1. The first kappa shape index (κ1) is 11.3. The summed E-state index contributed by atoms with van der Waals surface area (Å²) in [7, 11) is 0. The van der Waals surface area contributed by atoms with Crippen LogP contribution in [-0.4, -0.2) is 6.04 Å². The molecule has 0 saturated carbocycles. The first-order chi connectivity index (χ1) is 6.65. The lowest BCUT2D eigenvalue weighted by Gasteiger charge is -2.23. The van der Waals surface area contributed by atoms with Gasteiger partial charge in [-0.25, -0.2) is 0 Å². The van der Waals surface area contributed by atoms with Gasteiger partial charge in [0.2, 0.25) is 0 Å². The predicted molar refractivity (Wildman–Crippen MR) is 59.2 cm³/mol. The molecule has 14 heavy (non-hydrogen) atoms. The minimum Gasteiger partial charge on any atom is -0.472 e. The number of hydrogen-bond donors (Lipinski definition) is 1. The lowest BCUT2D eigenvalue weighted by atomic mass is 9.99. The van der Waals surface area contributed by atoms with Crippen molar-refractivity contribution in [3.8, 4) is 0 Å². The van der Waals surface area contributed by atoms with E-state index in [0.29, 0.717) is 18.0 Å². The topological polar surface area (TPSA) is 25.2 Å². The van der Waals surface area contributed by atoms with Gasteiger partial charge >= 0.3 is 0 Å². The Morgan fingerprint density at radius 1 is 1.36 bits per heavy atom. The molecule has 3 atom stereocenters. The van der Waals surface area contributed by atoms with E-state index < -0.39 is 0 Å². The second-order valence-electron chi connectivity index (χ2n) is 4.12. The van der Waals surface area contributed by atoms with Crippen molar-refractivity contribution >= 4 is 0 Å². The van der Waals surface area contributed by atoms with Crippen LogP contribution in [0.4, 0.5) is 0 Å². The van der Waals surface area contributed by atoms with Crippen molar-refractivity contribution < 1.29 is 4.42 Å². The summed E-state index contributed by atoms with van der Waals surface area (Å²) in [6.45, 7) is 8.92. The molecular weight excluding hydrogens is 174 g/mol. The van der Waals surface area contributed by atoms with Gasteiger partial charge in [-0.15, -0.1) is 0 Å². The quantitative estimate of drug-likeness (QED) is 0.779. The molecule has 0 radical (unpaired) electrons. The smallest absolute Gasteiger partial charge is 0.0950 e. The summed E-state index contributed by atoms with van der Waals surface area (Å²) < 4.78 is 5.06. The maximum absolute atomic E-state index is 5.06. The maximum atomic E-state index is 5.06. The van der Waals surface area contributed by atoms with E-state index in [1.807, 2.05) is 6.07 Å². The molecule has 80 valence electrons. The van der Waals surface area contributed by atoms with Gasteiger partial charge in [0.15, 0.2) is 0 Å². The van der Waals surface area contributed by atoms with Crippen LogP contribution in [0.1, 0.15) is 45.7 Å². The summed E-state index contributed by atoms with van der Waals surface area (Å²) in [5, 5.41) is 3.57. The molecule has 0 amide bonds. The third-order valence-corrected chi connectivity index (χ3v) is 3.05. The fourth-order valence-corrected chi connectivity index (χ4v) is 1.53. The molecule has 0 fully saturated rings. The maximum Gasteiger partial charge on any atom is 0.0950 e. The summed E-state index contributed by atoms with van der Waals surface area (Å²) in [6, 6.07) is 2.93. The van der Waals surface area contributed by atoms with E-state index in [9.17, 15) is 0 Å². The molecule has 0 saturated heterocycles. The summed E-state index contributed by atoms with van der Waals surface area (Å²) in [6.07, 6.45) is 4.74. The van der Waals surface area contributed by atoms with Crippen LogP contribution < -0.4 is 5.32 Å². The lowest BCUT2D eigenvalue weighted by Crippen LogP contribution is -2.33. The summed E-state index contributed by atoms with van der Waals surface area (Å²) >= 11 is 0. The highest BCUT2D eigenvalue weighted by Gasteiger charge is 2.14. The first-order valence-corrected chi connectivity index (χ1v) is 5.43. The highest BCUT2D eigenvalue weighted by Crippen LogP contribution is 2.16. The van der Waals surface area contributed by atoms with Gasteiger partial charge < -0.3 is 9.73 Å². The van der Waals surface area contributed by atoms with E-state index in [1.54, 1.807) is 12.5 Å². The molecule has 0 aliphatic rings. The zero-order valence-corrected chi connectivity index (χ0v) is 9.58. The van der Waals surface area contributed by atoms with Gasteiger partial charge in [-0.1, -0.05) is 20.3 Å². The minimum absolute atomic E-state index is 0.373. The van der Waals surface area contributed by atoms with E-state index >= 15 is 0 Å². The van der Waals surface area contributed by atoms with Crippen LogP contribution in [0.5, 0.6) is 0 Å². The van der Waals surface area contributed by atoms with Crippen LogP contribution in [0, 0.1) is 5.92 Å². The van der Waals surface area contributed by atoms with Crippen LogP contribution in [0.25, 0.3) is 0 Å². The van der Waals surface area contributed by atoms with E-state index in [4.69, 9.17) is 4.42 Å². The molecule has 1 rings (SSSR count). The Kier molecular flexibility index (Phi) is 4.21. The van der Waals surface area contributed by atoms with Crippen LogP contribution in [-0.2, 0) is 0 Å². The van der Waals surface area contributed by atoms with Crippen molar-refractivity contribution in [3.63, 3.8) is 0 Å². The molecule has 1 aromatic heterocycles. The third-order valence-electron chi connectivity index (χ3n) is 3.05. The van der Waals surface area contributed by atoms with Crippen molar-refractivity contribution in [2.24, 2.45) is 5.92 Å². The van der Waals surface area contributed by atoms with Gasteiger partial charge in [-0.2, -0.15) is 0 Å². The molecular formula is C12H21NO. The minimum atomic E-state index is 0.373. The Bertz CT molecular complexity index is 243. The SMILES string of the molecule is CCC(C)C(C)NC(C)c1ccoc1. The Morgan fingerprint density at radius 3 is 2.57 bits per heavy atom. The number of furan rings is 1. The molecule has 0 bridgehead atoms. The van der Waals surface area contributed by atoms with Crippen LogP contribution >= 0.6 is 0 Å². The van der Waals surface area contributed by atoms with Gasteiger partial charge in [0.05, 0.1) is 12.5 Å². The van der Waals surface area contributed by atoms with Gasteiger partial charge in [-0.3, -0.25) is 0 Å². The summed E-state index contributed by atoms with van der Waals surface area (Å²) in [5.41, 5.74) is 1.22. The van der Waals surface area contributed by atoms with Crippen LogP contribution in [0.2, 0.25) is 0 Å². The highest BCUT2D eigenvalue weighted by atomic mass is 16.3. The summed E-state index contributed by atoms with van der Waals surface area (Å²) in [4.78, 5) is 0. The van der Waals surface area contributed by atoms with E-state index in [2.05, 4.69) is 33.0 Å². The van der Waals surface area contributed by atoms with E-state index in [-0.39, 0.29) is 0 Å². The second-order valence-corrected chi connectivity index (χ2v) is 4.12. The van der Waals surface area contributed by atoms with Crippen LogP contribution in [0.3, 0.4) is 0 Å². The van der Waals surface area contributed by atoms with Crippen molar-refractivity contribution in [3.05, 3.63) is 24.2 Å². The van der Waals surface area contributed by atoms with E-state index in [0.717, 1.165) is 0 Å². The molecule has 0 aliphatic carbocycles. The molecule has 2 nitrogen and oxygen atoms in total. The third kappa shape index (κ3) is 2.88. The fourth-order valence-electron chi connectivity index (χ4n) is 1.53. The first-order valence-electron chi connectivity index (χ1n) is 5.43. The van der Waals surface area contributed by atoms with E-state index in [1.165, 1.54) is 12.0 Å². The standard InChI is InChI=1S/C12H21NO/c1-5-9(2)10(3)13-11(4)12-6-7-14-8-12/h6-11,13H,5H2,1-4H3. The number of hydrogen-bond acceptors (Lipinski definition) is 2. The predicted octanol–water partition coefficient (Wildman–Crippen LogP) is 3.36. The molecule has 0 spiro atoms. The molecule has 0 aliphatic heterocycles. The van der Waals surface area contributed by atoms with Gasteiger partial charge in [0, 0.05) is 17.6 Å². The fraction of sp³-hybridized carbons (Fsp3) is 0.667. The van der Waals surface area contributed by atoms with Crippen molar-refractivity contribution in [2.45, 2.75) is 46.2 Å². The molecule has 2 heteroatoms. The Balaban J connectivity index is 2.44. The lowest BCUT2D eigenvalue weighted by molar-refractivity contribution is 0.359. The largest absolute Gasteiger partial charge is 0.472 e. The normalized spacial score (nSPS) is 17.7. The van der Waals surface area contributed by atoms with Gasteiger partial charge in [0.1, 0.15) is 0 Å². The Morgan fingerprint density at radius 2 is 2.07 bits per heavy atom. The van der Waals surface area contributed by atoms with Crippen molar-refractivity contribution in [1.82, 2.24) is 5.32 Å². The van der Waals surface area contributed by atoms with Gasteiger partial charge in [-0.05, 0) is 25.8 Å². The summed E-state index contributed by atoms with van der Waals surface area (Å²) in [5.74, 6) is 0.712. The monoisotopic (exact) mass is 195 g/mol. The average Bonchev–Trinajstić information content (AvgIpc) is 2.69.